The van der Waals surface area contributed by atoms with Crippen molar-refractivity contribution in [3.05, 3.63) is 11.8 Å². The van der Waals surface area contributed by atoms with Crippen LogP contribution in [0.4, 0.5) is 5.69 Å². The second-order valence-electron chi connectivity index (χ2n) is 2.27. The number of nitrogens with two attached hydrogens (primary N) is 1. The standard InChI is InChI=1S/C6H6N4S/c1-3-4(7)2-5-6(8-3)10-11-9-5/h2H,7H2,1H3. The van der Waals surface area contributed by atoms with Gasteiger partial charge in [0, 0.05) is 0 Å². The van der Waals surface area contributed by atoms with Crippen LogP contribution >= 0.6 is 11.7 Å². The zero-order valence-corrected chi connectivity index (χ0v) is 6.72. The highest BCUT2D eigenvalue weighted by Gasteiger charge is 2.02. The van der Waals surface area contributed by atoms with Crippen LogP contribution in [-0.2, 0) is 0 Å². The van der Waals surface area contributed by atoms with Crippen molar-refractivity contribution < 1.29 is 0 Å². The third-order valence-electron chi connectivity index (χ3n) is 1.48. The molecule has 0 unspecified atom stereocenters. The summed E-state index contributed by atoms with van der Waals surface area (Å²) in [7, 11) is 0. The Morgan fingerprint density at radius 2 is 2.27 bits per heavy atom. The number of hydrogen-bond acceptors (Lipinski definition) is 5. The van der Waals surface area contributed by atoms with Gasteiger partial charge in [0.15, 0.2) is 5.65 Å². The Morgan fingerprint density at radius 1 is 1.45 bits per heavy atom. The van der Waals surface area contributed by atoms with E-state index in [1.165, 1.54) is 0 Å². The molecule has 0 spiro atoms. The van der Waals surface area contributed by atoms with E-state index in [1.54, 1.807) is 6.07 Å². The fraction of sp³-hybridized carbons (Fsp3) is 0.167. The van der Waals surface area contributed by atoms with Gasteiger partial charge in [0.05, 0.1) is 23.1 Å². The second kappa shape index (κ2) is 2.13. The molecule has 4 nitrogen and oxygen atoms in total. The van der Waals surface area contributed by atoms with Gasteiger partial charge in [-0.05, 0) is 13.0 Å². The molecule has 56 valence electrons. The maximum atomic E-state index is 5.62. The highest BCUT2D eigenvalue weighted by Crippen LogP contribution is 2.15. The van der Waals surface area contributed by atoms with Crippen LogP contribution in [0, 0.1) is 6.92 Å². The second-order valence-corrected chi connectivity index (χ2v) is 2.80. The maximum Gasteiger partial charge on any atom is 0.193 e. The van der Waals surface area contributed by atoms with Gasteiger partial charge in [-0.3, -0.25) is 0 Å². The molecule has 0 saturated carbocycles. The van der Waals surface area contributed by atoms with Crippen LogP contribution < -0.4 is 5.73 Å². The third kappa shape index (κ3) is 0.932. The van der Waals surface area contributed by atoms with Gasteiger partial charge in [0.2, 0.25) is 0 Å². The summed E-state index contributed by atoms with van der Waals surface area (Å²) in [4.78, 5) is 4.15. The molecule has 0 atom stereocenters. The molecule has 0 bridgehead atoms. The van der Waals surface area contributed by atoms with E-state index in [-0.39, 0.29) is 0 Å². The minimum absolute atomic E-state index is 0.671. The van der Waals surface area contributed by atoms with Gasteiger partial charge in [-0.2, -0.15) is 8.75 Å². The Labute approximate surface area is 67.4 Å². The Morgan fingerprint density at radius 3 is 3.09 bits per heavy atom. The van der Waals surface area contributed by atoms with Gasteiger partial charge in [-0.25, -0.2) is 4.98 Å². The summed E-state index contributed by atoms with van der Waals surface area (Å²) in [5.41, 5.74) is 8.56. The van der Waals surface area contributed by atoms with Gasteiger partial charge in [0.1, 0.15) is 5.52 Å². The van der Waals surface area contributed by atoms with Gasteiger partial charge in [-0.1, -0.05) is 0 Å². The van der Waals surface area contributed by atoms with E-state index in [0.717, 1.165) is 22.9 Å². The highest BCUT2D eigenvalue weighted by atomic mass is 32.1. The van der Waals surface area contributed by atoms with E-state index in [2.05, 4.69) is 13.7 Å². The van der Waals surface area contributed by atoms with Crippen molar-refractivity contribution in [1.29, 1.82) is 0 Å². The van der Waals surface area contributed by atoms with Crippen LogP contribution in [0.5, 0.6) is 0 Å². The van der Waals surface area contributed by atoms with Crippen LogP contribution in [-0.4, -0.2) is 13.7 Å². The lowest BCUT2D eigenvalue weighted by Gasteiger charge is -1.95. The van der Waals surface area contributed by atoms with Crippen LogP contribution in [0.1, 0.15) is 5.69 Å². The highest BCUT2D eigenvalue weighted by molar-refractivity contribution is 7.00. The molecule has 5 heteroatoms. The molecule has 0 aliphatic rings. The molecule has 0 aliphatic carbocycles. The molecule has 2 aromatic rings. The number of rotatable bonds is 0. The third-order valence-corrected chi connectivity index (χ3v) is 2.01. The zero-order valence-electron chi connectivity index (χ0n) is 5.90. The lowest BCUT2D eigenvalue weighted by molar-refractivity contribution is 1.24. The smallest absolute Gasteiger partial charge is 0.193 e. The zero-order chi connectivity index (χ0) is 7.84. The Balaban J connectivity index is 2.86. The van der Waals surface area contributed by atoms with Crippen LogP contribution in [0.2, 0.25) is 0 Å². The summed E-state index contributed by atoms with van der Waals surface area (Å²) in [5.74, 6) is 0. The number of anilines is 1. The van der Waals surface area contributed by atoms with Gasteiger partial charge < -0.3 is 5.73 Å². The Bertz CT molecular complexity index is 358. The fourth-order valence-electron chi connectivity index (χ4n) is 0.834. The number of hydrogen-bond donors (Lipinski definition) is 1. The predicted molar refractivity (Wildman–Crippen MR) is 44.4 cm³/mol. The minimum Gasteiger partial charge on any atom is -0.397 e. The van der Waals surface area contributed by atoms with Crippen LogP contribution in [0.25, 0.3) is 11.2 Å². The average Bonchev–Trinajstić information content (AvgIpc) is 2.36. The van der Waals surface area contributed by atoms with Crippen molar-refractivity contribution in [3.8, 4) is 0 Å². The first kappa shape index (κ1) is 6.48. The monoisotopic (exact) mass is 166 g/mol. The molecule has 2 aromatic heterocycles. The number of nitrogen functional groups attached to an aromatic ring is 1. The predicted octanol–water partition coefficient (Wildman–Crippen LogP) is 0.977. The van der Waals surface area contributed by atoms with Crippen molar-refractivity contribution in [2.75, 3.05) is 5.73 Å². The van der Waals surface area contributed by atoms with Crippen molar-refractivity contribution in [2.24, 2.45) is 0 Å². The summed E-state index contributed by atoms with van der Waals surface area (Å²) >= 11 is 1.15. The van der Waals surface area contributed by atoms with Crippen LogP contribution in [0.3, 0.4) is 0 Å². The molecule has 11 heavy (non-hydrogen) atoms. The quantitative estimate of drug-likeness (QED) is 0.633. The molecule has 0 radical (unpaired) electrons. The summed E-state index contributed by atoms with van der Waals surface area (Å²) < 4.78 is 7.99. The lowest BCUT2D eigenvalue weighted by atomic mass is 10.3. The van der Waals surface area contributed by atoms with Crippen molar-refractivity contribution in [1.82, 2.24) is 13.7 Å². The normalized spacial score (nSPS) is 10.6. The van der Waals surface area contributed by atoms with E-state index in [9.17, 15) is 0 Å². The largest absolute Gasteiger partial charge is 0.397 e. The summed E-state index contributed by atoms with van der Waals surface area (Å²) in [6, 6.07) is 1.79. The topological polar surface area (TPSA) is 64.7 Å². The summed E-state index contributed by atoms with van der Waals surface area (Å²) in [6.45, 7) is 1.86. The fourth-order valence-corrected chi connectivity index (χ4v) is 1.31. The Hall–Kier alpha value is -1.23. The van der Waals surface area contributed by atoms with E-state index < -0.39 is 0 Å². The molecule has 2 rings (SSSR count). The molecule has 0 aromatic carbocycles. The molecular weight excluding hydrogens is 160 g/mol. The number of nitrogens with zero attached hydrogens (tertiary/aromatic N) is 3. The number of aromatic nitrogens is 3. The summed E-state index contributed by atoms with van der Waals surface area (Å²) in [5, 5.41) is 0. The number of pyridine rings is 1. The first-order valence-electron chi connectivity index (χ1n) is 3.13. The lowest BCUT2D eigenvalue weighted by Crippen LogP contribution is -1.92. The molecule has 0 saturated heterocycles. The maximum absolute atomic E-state index is 5.62. The van der Waals surface area contributed by atoms with E-state index in [0.29, 0.717) is 11.3 Å². The van der Waals surface area contributed by atoms with Crippen molar-refractivity contribution in [3.63, 3.8) is 0 Å². The molecule has 0 amide bonds. The number of aryl methyl sites for hydroxylation is 1. The molecular formula is C6H6N4S. The van der Waals surface area contributed by atoms with E-state index in [1.807, 2.05) is 6.92 Å². The number of fused-ring (bicyclic) bond motifs is 1. The van der Waals surface area contributed by atoms with Crippen molar-refractivity contribution in [2.45, 2.75) is 6.92 Å². The average molecular weight is 166 g/mol. The van der Waals surface area contributed by atoms with E-state index in [4.69, 9.17) is 5.73 Å². The van der Waals surface area contributed by atoms with Gasteiger partial charge in [0.25, 0.3) is 0 Å². The van der Waals surface area contributed by atoms with Crippen molar-refractivity contribution >= 4 is 28.6 Å². The van der Waals surface area contributed by atoms with Gasteiger partial charge >= 0.3 is 0 Å². The van der Waals surface area contributed by atoms with Gasteiger partial charge in [-0.15, -0.1) is 0 Å². The Kier molecular flexibility index (Phi) is 1.25. The molecule has 2 heterocycles. The molecule has 0 fully saturated rings. The molecule has 0 aliphatic heterocycles. The van der Waals surface area contributed by atoms with E-state index >= 15 is 0 Å². The molecule has 2 N–H and O–H groups in total. The van der Waals surface area contributed by atoms with Crippen LogP contribution in [0.15, 0.2) is 6.07 Å². The summed E-state index contributed by atoms with van der Waals surface area (Å²) in [6.07, 6.45) is 0. The first-order chi connectivity index (χ1) is 5.27. The minimum atomic E-state index is 0.671. The SMILES string of the molecule is Cc1nc2nsnc2cc1N. The first-order valence-corrected chi connectivity index (χ1v) is 3.86.